The molecule has 0 aliphatic carbocycles. The van der Waals surface area contributed by atoms with E-state index < -0.39 is 10.1 Å². The molecule has 2 aliphatic rings. The fourth-order valence-corrected chi connectivity index (χ4v) is 4.12. The Kier molecular flexibility index (Phi) is 16.5. The predicted octanol–water partition coefficient (Wildman–Crippen LogP) is 3.33. The van der Waals surface area contributed by atoms with Crippen molar-refractivity contribution in [3.05, 3.63) is 51.3 Å². The maximum absolute atomic E-state index is 10.4. The number of ether oxygens (including phenoxy) is 4. The molecule has 4 heterocycles. The van der Waals surface area contributed by atoms with Crippen molar-refractivity contribution in [3.63, 3.8) is 0 Å². The third kappa shape index (κ3) is 12.0. The van der Waals surface area contributed by atoms with Crippen LogP contribution >= 0.6 is 83.9 Å². The number of fused-ring (bicyclic) bond motifs is 2. The van der Waals surface area contributed by atoms with E-state index in [9.17, 15) is 13.0 Å². The molecule has 5 rings (SSSR count). The van der Waals surface area contributed by atoms with Gasteiger partial charge in [-0.05, 0) is 19.1 Å². The number of rotatable bonds is 1. The first-order valence-electron chi connectivity index (χ1n) is 8.88. The monoisotopic (exact) mass is 964 g/mol. The molecule has 0 spiro atoms. The third-order valence-corrected chi connectivity index (χ3v) is 5.94. The Morgan fingerprint density at radius 2 is 1.09 bits per heavy atom. The minimum absolute atomic E-state index is 0. The summed E-state index contributed by atoms with van der Waals surface area (Å²) >= 11 is 8.51. The topological polar surface area (TPSA) is 94.1 Å². The van der Waals surface area contributed by atoms with Gasteiger partial charge in [0.25, 0.3) is 0 Å². The molecule has 14 heteroatoms. The average Bonchev–Trinajstić information content (AvgIpc) is 3.44. The first kappa shape index (κ1) is 31.7. The number of aryl methyl sites for hydroxylation is 1. The molecule has 2 aliphatic heterocycles. The van der Waals surface area contributed by atoms with Crippen LogP contribution in [0.5, 0.6) is 23.0 Å². The molecule has 186 valence electrons. The van der Waals surface area contributed by atoms with Crippen molar-refractivity contribution in [1.82, 2.24) is 0 Å². The smallest absolute Gasteiger partial charge is 0.172 e. The van der Waals surface area contributed by atoms with Gasteiger partial charge in [-0.2, -0.15) is 0 Å². The summed E-state index contributed by atoms with van der Waals surface area (Å²) in [4.78, 5) is -0.178. The fourth-order valence-electron chi connectivity index (χ4n) is 2.28. The van der Waals surface area contributed by atoms with Gasteiger partial charge < -0.3 is 23.5 Å². The zero-order valence-corrected chi connectivity index (χ0v) is 28.3. The first-order valence-corrected chi connectivity index (χ1v) is 24.7. The Labute approximate surface area is 248 Å². The number of hydrogen-bond acceptors (Lipinski definition) is 9. The van der Waals surface area contributed by atoms with Gasteiger partial charge in [-0.15, -0.1) is 46.7 Å². The molecule has 3 aromatic rings. The van der Waals surface area contributed by atoms with Crippen LogP contribution in [-0.2, 0) is 10.1 Å². The van der Waals surface area contributed by atoms with Gasteiger partial charge in [0.05, 0.1) is 4.90 Å². The number of benzene rings is 1. The van der Waals surface area contributed by atoms with Gasteiger partial charge in [0.2, 0.25) is 0 Å². The van der Waals surface area contributed by atoms with E-state index in [0.29, 0.717) is 39.7 Å². The second-order valence-electron chi connectivity index (χ2n) is 5.92. The summed E-state index contributed by atoms with van der Waals surface area (Å²) in [6, 6.07) is 5.78. The third-order valence-electron chi connectivity index (χ3n) is 3.69. The van der Waals surface area contributed by atoms with Crippen LogP contribution < -0.4 is 32.2 Å². The van der Waals surface area contributed by atoms with Crippen LogP contribution in [0.25, 0.3) is 0 Å². The largest absolute Gasteiger partial charge is 0.485 e. The molecule has 1 aromatic carbocycles. The number of thiophene rings is 2. The van der Waals surface area contributed by atoms with Crippen molar-refractivity contribution >= 4 is 94.0 Å². The molecular weight excluding hydrogens is 944 g/mol. The minimum Gasteiger partial charge on any atom is -0.485 e. The molecule has 0 N–H and O–H groups in total. The molecule has 7 nitrogen and oxygen atoms in total. The van der Waals surface area contributed by atoms with E-state index >= 15 is 0 Å². The maximum atomic E-state index is 10.4. The van der Waals surface area contributed by atoms with Gasteiger partial charge in [0, 0.05) is 21.5 Å². The Morgan fingerprint density at radius 3 is 1.36 bits per heavy atom. The van der Waals surface area contributed by atoms with E-state index in [1.165, 1.54) is 12.1 Å². The van der Waals surface area contributed by atoms with Crippen LogP contribution in [0, 0.1) is 6.92 Å². The molecular formula is C19H20I4O7S3-2. The van der Waals surface area contributed by atoms with E-state index in [-0.39, 0.29) is 28.9 Å². The van der Waals surface area contributed by atoms with Crippen molar-refractivity contribution in [2.24, 2.45) is 0 Å². The Morgan fingerprint density at radius 1 is 0.788 bits per heavy atom. The van der Waals surface area contributed by atoms with Crippen molar-refractivity contribution in [1.29, 1.82) is 0 Å². The van der Waals surface area contributed by atoms with Crippen LogP contribution in [0.2, 0.25) is 0 Å². The Balaban J connectivity index is 0.000000231. The molecule has 0 saturated heterocycles. The molecule has 0 atom stereocenters. The second kappa shape index (κ2) is 17.2. The Bertz CT molecular complexity index is 953. The summed E-state index contributed by atoms with van der Waals surface area (Å²) in [5.74, 6) is 3.58. The van der Waals surface area contributed by atoms with Gasteiger partial charge in [-0.1, -0.05) is 17.7 Å². The normalized spacial score (nSPS) is 13.0. The maximum Gasteiger partial charge on any atom is 0.172 e. The zero-order chi connectivity index (χ0) is 23.4. The van der Waals surface area contributed by atoms with Crippen LogP contribution in [0.3, 0.4) is 0 Å². The van der Waals surface area contributed by atoms with E-state index in [4.69, 9.17) is 18.9 Å². The quantitative estimate of drug-likeness (QED) is 0.273. The fraction of sp³-hybridized carbons (Fsp3) is 0.263. The molecule has 33 heavy (non-hydrogen) atoms. The summed E-state index contributed by atoms with van der Waals surface area (Å²) in [5, 5.41) is 7.81. The summed E-state index contributed by atoms with van der Waals surface area (Å²) in [6.07, 6.45) is 0. The number of hydrogen-bond donors (Lipinski definition) is 0. The summed E-state index contributed by atoms with van der Waals surface area (Å²) in [7, 11) is -4.27. The SMILES string of the molecule is Cc1ccc(S(=O)(=O)[O-])cc1.I.I[I-]I.c1scc2c1OCCO2.c1scc2c1OCCO2. The van der Waals surface area contributed by atoms with E-state index in [0.717, 1.165) is 28.6 Å². The Hall–Kier alpha value is 0.650. The minimum atomic E-state index is -4.27. The van der Waals surface area contributed by atoms with Crippen molar-refractivity contribution in [3.8, 4) is 23.0 Å². The van der Waals surface area contributed by atoms with E-state index in [1.807, 2.05) is 28.4 Å². The standard InChI is InChI=1S/C7H8O3S.2C6H6O2S.I3.HI/c1-6-2-4-7(5-3-6)11(8,9)10;2*1-2-8-6-4-9-3-5(6)7-1;1-3-2;/h2-5H,1H3,(H,8,9,10);2*3-4H,1-2H2;;1H/q;;;-1;/p-1. The molecule has 0 bridgehead atoms. The van der Waals surface area contributed by atoms with Crippen molar-refractivity contribution in [2.75, 3.05) is 26.4 Å². The van der Waals surface area contributed by atoms with Crippen LogP contribution in [0.15, 0.2) is 50.7 Å². The van der Waals surface area contributed by atoms with Gasteiger partial charge in [-0.25, -0.2) is 8.42 Å². The van der Waals surface area contributed by atoms with Gasteiger partial charge in [-0.3, -0.25) is 0 Å². The molecule has 0 fully saturated rings. The van der Waals surface area contributed by atoms with Crippen LogP contribution in [-0.4, -0.2) is 39.4 Å². The summed E-state index contributed by atoms with van der Waals surface area (Å²) in [6.45, 7) is 4.56. The van der Waals surface area contributed by atoms with Gasteiger partial charge >= 0.3 is 50.5 Å². The van der Waals surface area contributed by atoms with E-state index in [2.05, 4.69) is 37.2 Å². The molecule has 0 saturated carbocycles. The average molecular weight is 964 g/mol. The van der Waals surface area contributed by atoms with E-state index in [1.54, 1.807) is 34.8 Å². The zero-order valence-electron chi connectivity index (χ0n) is 17.1. The first-order chi connectivity index (χ1) is 15.3. The number of halogens is 4. The molecule has 0 unspecified atom stereocenters. The molecule has 2 aromatic heterocycles. The van der Waals surface area contributed by atoms with Gasteiger partial charge in [0.15, 0.2) is 23.0 Å². The van der Waals surface area contributed by atoms with Gasteiger partial charge in [0.1, 0.15) is 36.5 Å². The second-order valence-corrected chi connectivity index (χ2v) is 25.0. The molecule has 0 radical (unpaired) electrons. The van der Waals surface area contributed by atoms with Crippen LogP contribution in [0.4, 0.5) is 0 Å². The van der Waals surface area contributed by atoms with Crippen molar-refractivity contribution < 1.29 is 45.2 Å². The van der Waals surface area contributed by atoms with Crippen LogP contribution in [0.1, 0.15) is 5.56 Å². The summed E-state index contributed by atoms with van der Waals surface area (Å²) < 4.78 is 52.2. The summed E-state index contributed by atoms with van der Waals surface area (Å²) in [5.41, 5.74) is 0.928. The predicted molar refractivity (Wildman–Crippen MR) is 153 cm³/mol. The van der Waals surface area contributed by atoms with Crippen molar-refractivity contribution in [2.45, 2.75) is 11.8 Å². The molecule has 0 amide bonds.